The van der Waals surface area contributed by atoms with E-state index in [9.17, 15) is 9.59 Å². The van der Waals surface area contributed by atoms with E-state index in [2.05, 4.69) is 34.9 Å². The normalized spacial score (nSPS) is 12.5. The average molecular weight is 567 g/mol. The Bertz CT molecular complexity index is 1510. The summed E-state index contributed by atoms with van der Waals surface area (Å²) >= 11 is 0. The highest BCUT2D eigenvalue weighted by Crippen LogP contribution is 2.44. The Kier molecular flexibility index (Phi) is 8.89. The highest BCUT2D eigenvalue weighted by atomic mass is 16.5. The van der Waals surface area contributed by atoms with E-state index >= 15 is 0 Å². The average Bonchev–Trinajstić information content (AvgIpc) is 3.35. The molecule has 4 aromatic rings. The Morgan fingerprint density at radius 2 is 1.50 bits per heavy atom. The van der Waals surface area contributed by atoms with E-state index in [0.29, 0.717) is 22.8 Å². The van der Waals surface area contributed by atoms with Crippen molar-refractivity contribution in [1.82, 2.24) is 10.6 Å². The lowest BCUT2D eigenvalue weighted by molar-refractivity contribution is -0.122. The highest BCUT2D eigenvalue weighted by molar-refractivity contribution is 5.79. The van der Waals surface area contributed by atoms with Crippen molar-refractivity contribution < 1.29 is 28.5 Å². The molecular formula is C33H32N3O6. The maximum atomic E-state index is 13.3. The zero-order chi connectivity index (χ0) is 29.5. The smallest absolute Gasteiger partial charge is 0.407 e. The fourth-order valence-corrected chi connectivity index (χ4v) is 5.20. The first-order valence-corrected chi connectivity index (χ1v) is 13.4. The summed E-state index contributed by atoms with van der Waals surface area (Å²) < 4.78 is 22.4. The number of nitrogens with two attached hydrogens (primary N) is 1. The summed E-state index contributed by atoms with van der Waals surface area (Å²) in [6, 6.07) is 28.2. The third-order valence-electron chi connectivity index (χ3n) is 7.19. The first kappa shape index (κ1) is 28.5. The van der Waals surface area contributed by atoms with Crippen LogP contribution in [0.1, 0.15) is 34.2 Å². The monoisotopic (exact) mass is 566 g/mol. The van der Waals surface area contributed by atoms with Gasteiger partial charge < -0.3 is 35.3 Å². The second-order valence-electron chi connectivity index (χ2n) is 9.60. The first-order chi connectivity index (χ1) is 20.5. The third kappa shape index (κ3) is 6.16. The van der Waals surface area contributed by atoms with Gasteiger partial charge in [0.2, 0.25) is 0 Å². The second kappa shape index (κ2) is 13.1. The topological polar surface area (TPSA) is 121 Å². The van der Waals surface area contributed by atoms with Gasteiger partial charge in [0.1, 0.15) is 30.5 Å². The second-order valence-corrected chi connectivity index (χ2v) is 9.60. The zero-order valence-corrected chi connectivity index (χ0v) is 23.3. The van der Waals surface area contributed by atoms with E-state index < -0.39 is 12.1 Å². The molecular weight excluding hydrogens is 534 g/mol. The van der Waals surface area contributed by atoms with E-state index in [4.69, 9.17) is 24.7 Å². The van der Waals surface area contributed by atoms with Gasteiger partial charge in [0, 0.05) is 17.5 Å². The predicted molar refractivity (Wildman–Crippen MR) is 158 cm³/mol. The molecule has 0 aromatic heterocycles. The zero-order valence-electron chi connectivity index (χ0n) is 23.3. The van der Waals surface area contributed by atoms with Gasteiger partial charge in [0.25, 0.3) is 5.91 Å². The number of methoxy groups -OCH3 is 2. The SMILES string of the molecule is COc1ccc(C(NC(=O)OCC2c3ccccc3-c3ccccc32)c2ccc(OCC(=O)N[CH]N)cc2)c(OC)c1. The number of carbonyl (C=O) groups is 2. The molecule has 0 spiro atoms. The number of rotatable bonds is 11. The molecule has 0 heterocycles. The van der Waals surface area contributed by atoms with Crippen molar-refractivity contribution in [3.8, 4) is 28.4 Å². The largest absolute Gasteiger partial charge is 0.497 e. The van der Waals surface area contributed by atoms with E-state index in [1.807, 2.05) is 30.3 Å². The maximum Gasteiger partial charge on any atom is 0.407 e. The van der Waals surface area contributed by atoms with Crippen LogP contribution >= 0.6 is 0 Å². The summed E-state index contributed by atoms with van der Waals surface area (Å²) in [7, 11) is 3.13. The molecule has 1 unspecified atom stereocenters. The molecule has 0 aliphatic heterocycles. The summed E-state index contributed by atoms with van der Waals surface area (Å²) in [6.45, 7) is 1.04. The molecule has 0 fully saturated rings. The van der Waals surface area contributed by atoms with E-state index in [1.54, 1.807) is 50.6 Å². The molecule has 9 heteroatoms. The lowest BCUT2D eigenvalue weighted by atomic mass is 9.97. The molecule has 4 aromatic carbocycles. The van der Waals surface area contributed by atoms with Crippen LogP contribution in [0.2, 0.25) is 0 Å². The number of fused-ring (bicyclic) bond motifs is 3. The maximum absolute atomic E-state index is 13.3. The molecule has 2 amide bonds. The first-order valence-electron chi connectivity index (χ1n) is 13.4. The minimum atomic E-state index is -0.620. The number of hydrogen-bond donors (Lipinski definition) is 3. The number of carbonyl (C=O) groups excluding carboxylic acids is 2. The fraction of sp³-hybridized carbons (Fsp3) is 0.182. The third-order valence-corrected chi connectivity index (χ3v) is 7.19. The van der Waals surface area contributed by atoms with Gasteiger partial charge in [-0.05, 0) is 52.1 Å². The van der Waals surface area contributed by atoms with E-state index in [-0.39, 0.29) is 25.0 Å². The van der Waals surface area contributed by atoms with Crippen LogP contribution in [-0.4, -0.2) is 39.4 Å². The van der Waals surface area contributed by atoms with Gasteiger partial charge in [-0.15, -0.1) is 0 Å². The van der Waals surface area contributed by atoms with E-state index in [0.717, 1.165) is 34.5 Å². The molecule has 1 radical (unpaired) electrons. The molecule has 0 saturated heterocycles. The van der Waals surface area contributed by atoms with Crippen LogP contribution in [0.15, 0.2) is 91.0 Å². The molecule has 9 nitrogen and oxygen atoms in total. The minimum absolute atomic E-state index is 0.0670. The number of alkyl carbamates (subject to hydrolysis) is 1. The number of hydrogen-bond acceptors (Lipinski definition) is 7. The fourth-order valence-electron chi connectivity index (χ4n) is 5.20. The van der Waals surface area contributed by atoms with Crippen LogP contribution in [0, 0.1) is 6.67 Å². The van der Waals surface area contributed by atoms with Crippen LogP contribution in [0.4, 0.5) is 4.79 Å². The van der Waals surface area contributed by atoms with Crippen LogP contribution in [0.5, 0.6) is 17.2 Å². The van der Waals surface area contributed by atoms with Crippen molar-refractivity contribution in [2.45, 2.75) is 12.0 Å². The lowest BCUT2D eigenvalue weighted by Gasteiger charge is -2.23. The molecule has 5 rings (SSSR count). The van der Waals surface area contributed by atoms with Crippen LogP contribution in [0.25, 0.3) is 11.1 Å². The van der Waals surface area contributed by atoms with Gasteiger partial charge in [-0.3, -0.25) is 4.79 Å². The summed E-state index contributed by atoms with van der Waals surface area (Å²) in [5.41, 5.74) is 11.2. The van der Waals surface area contributed by atoms with Crippen molar-refractivity contribution in [1.29, 1.82) is 0 Å². The van der Waals surface area contributed by atoms with Crippen molar-refractivity contribution in [2.75, 3.05) is 27.4 Å². The number of amides is 2. The quantitative estimate of drug-likeness (QED) is 0.236. The summed E-state index contributed by atoms with van der Waals surface area (Å²) in [5, 5.41) is 5.37. The van der Waals surface area contributed by atoms with Gasteiger partial charge in [0.05, 0.1) is 20.3 Å². The molecule has 0 bridgehead atoms. The molecule has 1 aliphatic carbocycles. The van der Waals surface area contributed by atoms with Gasteiger partial charge in [0.15, 0.2) is 6.61 Å². The summed E-state index contributed by atoms with van der Waals surface area (Å²) in [5.74, 6) is 1.19. The predicted octanol–water partition coefficient (Wildman–Crippen LogP) is 4.90. The van der Waals surface area contributed by atoms with Crippen LogP contribution < -0.4 is 30.6 Å². The Morgan fingerprint density at radius 1 is 0.857 bits per heavy atom. The van der Waals surface area contributed by atoms with Crippen molar-refractivity contribution >= 4 is 12.0 Å². The Morgan fingerprint density at radius 3 is 2.12 bits per heavy atom. The molecule has 42 heavy (non-hydrogen) atoms. The summed E-state index contributed by atoms with van der Waals surface area (Å²) in [4.78, 5) is 25.0. The highest BCUT2D eigenvalue weighted by Gasteiger charge is 2.30. The van der Waals surface area contributed by atoms with Gasteiger partial charge >= 0.3 is 6.09 Å². The summed E-state index contributed by atoms with van der Waals surface area (Å²) in [6.07, 6.45) is -0.574. The molecule has 1 atom stereocenters. The van der Waals surface area contributed by atoms with Crippen molar-refractivity contribution in [2.24, 2.45) is 5.73 Å². The van der Waals surface area contributed by atoms with Crippen LogP contribution in [0.3, 0.4) is 0 Å². The van der Waals surface area contributed by atoms with Gasteiger partial charge in [-0.2, -0.15) is 0 Å². The minimum Gasteiger partial charge on any atom is -0.497 e. The number of nitrogens with one attached hydrogen (secondary N) is 2. The Hall–Kier alpha value is -5.02. The van der Waals surface area contributed by atoms with Crippen LogP contribution in [-0.2, 0) is 9.53 Å². The van der Waals surface area contributed by atoms with E-state index in [1.165, 1.54) is 0 Å². The standard InChI is InChI=1S/C33H32N3O6/c1-39-23-15-16-28(30(17-23)40-2)32(21-11-13-22(14-12-21)41-19-31(37)35-20-34)36-33(38)42-18-29-26-9-5-3-7-24(26)25-8-4-6-10-27(25)29/h3-17,20,29,32H,18-19,34H2,1-2H3,(H,35,37)(H,36,38). The van der Waals surface area contributed by atoms with Gasteiger partial charge in [-0.25, -0.2) is 4.79 Å². The number of ether oxygens (including phenoxy) is 4. The van der Waals surface area contributed by atoms with Crippen molar-refractivity contribution in [3.63, 3.8) is 0 Å². The molecule has 215 valence electrons. The van der Waals surface area contributed by atoms with Gasteiger partial charge in [-0.1, -0.05) is 60.7 Å². The Labute approximate surface area is 244 Å². The number of benzene rings is 4. The molecule has 0 saturated carbocycles. The molecule has 1 aliphatic rings. The molecule has 4 N–H and O–H groups in total. The lowest BCUT2D eigenvalue weighted by Crippen LogP contribution is -2.31. The Balaban J connectivity index is 1.36. The van der Waals surface area contributed by atoms with Crippen molar-refractivity contribution in [3.05, 3.63) is 120 Å².